The first kappa shape index (κ1) is 22.5. The van der Waals surface area contributed by atoms with E-state index in [0.29, 0.717) is 27.8 Å². The van der Waals surface area contributed by atoms with Gasteiger partial charge in [-0.15, -0.1) is 11.3 Å². The van der Waals surface area contributed by atoms with Crippen molar-refractivity contribution in [1.82, 2.24) is 5.43 Å². The van der Waals surface area contributed by atoms with E-state index in [1.807, 2.05) is 6.07 Å². The Balaban J connectivity index is 1.72. The topological polar surface area (TPSA) is 106 Å². The highest BCUT2D eigenvalue weighted by Gasteiger charge is 2.30. The van der Waals surface area contributed by atoms with E-state index in [1.165, 1.54) is 24.7 Å². The number of hydrogen-bond donors (Lipinski definition) is 2. The maximum Gasteiger partial charge on any atom is 0.341 e. The standard InChI is InChI=1S/C22H25N3O5S/c1-4-30-22(28)18-15-10-9-13(2)11-17(15)31-21(18)24-19(26)20(27)25-23-12-14-7-5-6-8-16(14)29-3/h5-8,12-13H,4,9-11H2,1-3H3,(H,24,26)(H,25,27)/b23-12-/t13-/m1/s1. The van der Waals surface area contributed by atoms with Gasteiger partial charge in [-0.05, 0) is 49.8 Å². The van der Waals surface area contributed by atoms with Crippen molar-refractivity contribution < 1.29 is 23.9 Å². The fourth-order valence-electron chi connectivity index (χ4n) is 3.40. The van der Waals surface area contributed by atoms with Crippen LogP contribution in [0.4, 0.5) is 5.00 Å². The van der Waals surface area contributed by atoms with Gasteiger partial charge in [0.15, 0.2) is 0 Å². The van der Waals surface area contributed by atoms with Crippen molar-refractivity contribution >= 4 is 40.3 Å². The minimum atomic E-state index is -0.944. The molecule has 1 heterocycles. The number of methoxy groups -OCH3 is 1. The van der Waals surface area contributed by atoms with Gasteiger partial charge in [0.1, 0.15) is 10.8 Å². The van der Waals surface area contributed by atoms with E-state index >= 15 is 0 Å². The lowest BCUT2D eigenvalue weighted by molar-refractivity contribution is -0.136. The SMILES string of the molecule is CCOC(=O)c1c(NC(=O)C(=O)N/N=C\c2ccccc2OC)sc2c1CC[C@@H](C)C2. The van der Waals surface area contributed by atoms with Crippen molar-refractivity contribution in [2.45, 2.75) is 33.1 Å². The van der Waals surface area contributed by atoms with Crippen molar-refractivity contribution in [3.8, 4) is 5.75 Å². The number of benzene rings is 1. The maximum absolute atomic E-state index is 12.5. The Bertz CT molecular complexity index is 1010. The predicted octanol–water partition coefficient (Wildman–Crippen LogP) is 3.15. The summed E-state index contributed by atoms with van der Waals surface area (Å²) in [5, 5.41) is 6.72. The zero-order chi connectivity index (χ0) is 22.4. The fraction of sp³-hybridized carbons (Fsp3) is 0.364. The highest BCUT2D eigenvalue weighted by atomic mass is 32.1. The molecule has 2 amide bonds. The molecule has 0 spiro atoms. The highest BCUT2D eigenvalue weighted by Crippen LogP contribution is 2.40. The number of ether oxygens (including phenoxy) is 2. The predicted molar refractivity (Wildman–Crippen MR) is 119 cm³/mol. The second-order valence-corrected chi connectivity index (χ2v) is 8.28. The summed E-state index contributed by atoms with van der Waals surface area (Å²) in [4.78, 5) is 38.2. The number of nitrogens with one attached hydrogen (secondary N) is 2. The van der Waals surface area contributed by atoms with Crippen LogP contribution < -0.4 is 15.5 Å². The van der Waals surface area contributed by atoms with Crippen molar-refractivity contribution in [3.63, 3.8) is 0 Å². The third kappa shape index (κ3) is 5.29. The number of hydrogen-bond acceptors (Lipinski definition) is 7. The molecule has 164 valence electrons. The van der Waals surface area contributed by atoms with Crippen LogP contribution in [0.5, 0.6) is 5.75 Å². The van der Waals surface area contributed by atoms with Crippen LogP contribution in [0.3, 0.4) is 0 Å². The number of carbonyl (C=O) groups is 3. The minimum Gasteiger partial charge on any atom is -0.496 e. The highest BCUT2D eigenvalue weighted by molar-refractivity contribution is 7.17. The molecule has 0 saturated carbocycles. The number of carbonyl (C=O) groups excluding carboxylic acids is 3. The van der Waals surface area contributed by atoms with Crippen LogP contribution in [0.15, 0.2) is 29.4 Å². The molecule has 1 aromatic carbocycles. The van der Waals surface area contributed by atoms with Gasteiger partial charge in [0.05, 0.1) is 25.5 Å². The van der Waals surface area contributed by atoms with Crippen molar-refractivity contribution in [1.29, 1.82) is 0 Å². The zero-order valence-electron chi connectivity index (χ0n) is 17.7. The fourth-order valence-corrected chi connectivity index (χ4v) is 4.80. The summed E-state index contributed by atoms with van der Waals surface area (Å²) in [7, 11) is 1.53. The smallest absolute Gasteiger partial charge is 0.341 e. The lowest BCUT2D eigenvalue weighted by Crippen LogP contribution is -2.32. The summed E-state index contributed by atoms with van der Waals surface area (Å²) in [6, 6.07) is 7.13. The third-order valence-electron chi connectivity index (χ3n) is 4.93. The quantitative estimate of drug-likeness (QED) is 0.309. The molecule has 0 saturated heterocycles. The van der Waals surface area contributed by atoms with Crippen LogP contribution in [-0.4, -0.2) is 37.7 Å². The Morgan fingerprint density at radius 2 is 2.03 bits per heavy atom. The molecule has 0 aliphatic heterocycles. The number of hydrazone groups is 1. The molecule has 0 bridgehead atoms. The summed E-state index contributed by atoms with van der Waals surface area (Å²) in [6.45, 7) is 4.10. The molecule has 2 aromatic rings. The maximum atomic E-state index is 12.5. The van der Waals surface area contributed by atoms with E-state index in [4.69, 9.17) is 9.47 Å². The minimum absolute atomic E-state index is 0.228. The molecule has 1 atom stereocenters. The van der Waals surface area contributed by atoms with Crippen LogP contribution in [0, 0.1) is 5.92 Å². The number of nitrogens with zero attached hydrogens (tertiary/aromatic N) is 1. The third-order valence-corrected chi connectivity index (χ3v) is 6.10. The Kier molecular flexibility index (Phi) is 7.41. The first-order valence-electron chi connectivity index (χ1n) is 10.0. The van der Waals surface area contributed by atoms with Crippen molar-refractivity contribution in [2.24, 2.45) is 11.0 Å². The summed E-state index contributed by atoms with van der Waals surface area (Å²) in [5.41, 5.74) is 4.11. The molecule has 3 rings (SSSR count). The van der Waals surface area contributed by atoms with Crippen LogP contribution in [0.25, 0.3) is 0 Å². The van der Waals surface area contributed by atoms with E-state index in [2.05, 4.69) is 22.8 Å². The monoisotopic (exact) mass is 443 g/mol. The van der Waals surface area contributed by atoms with Gasteiger partial charge in [0.2, 0.25) is 0 Å². The number of esters is 1. The van der Waals surface area contributed by atoms with Crippen molar-refractivity contribution in [2.75, 3.05) is 19.0 Å². The lowest BCUT2D eigenvalue weighted by Gasteiger charge is -2.18. The van der Waals surface area contributed by atoms with E-state index in [1.54, 1.807) is 25.1 Å². The second kappa shape index (κ2) is 10.2. The molecule has 0 unspecified atom stereocenters. The van der Waals surface area contributed by atoms with Gasteiger partial charge in [-0.1, -0.05) is 19.1 Å². The molecule has 2 N–H and O–H groups in total. The molecule has 1 aromatic heterocycles. The Morgan fingerprint density at radius 3 is 2.77 bits per heavy atom. The van der Waals surface area contributed by atoms with E-state index in [-0.39, 0.29) is 6.61 Å². The zero-order valence-corrected chi connectivity index (χ0v) is 18.5. The molecule has 0 fully saturated rings. The van der Waals surface area contributed by atoms with Crippen LogP contribution >= 0.6 is 11.3 Å². The Labute approximate surface area is 184 Å². The number of para-hydroxylation sites is 1. The number of amides is 2. The number of fused-ring (bicyclic) bond motifs is 1. The van der Waals surface area contributed by atoms with Gasteiger partial charge in [0.25, 0.3) is 0 Å². The Hall–Kier alpha value is -3.20. The molecular formula is C22H25N3O5S. The summed E-state index contributed by atoms with van der Waals surface area (Å²) in [5.74, 6) is -1.26. The van der Waals surface area contributed by atoms with Gasteiger partial charge < -0.3 is 14.8 Å². The van der Waals surface area contributed by atoms with E-state index < -0.39 is 17.8 Å². The Morgan fingerprint density at radius 1 is 1.26 bits per heavy atom. The van der Waals surface area contributed by atoms with Gasteiger partial charge in [-0.2, -0.15) is 5.10 Å². The van der Waals surface area contributed by atoms with Gasteiger partial charge in [-0.25, -0.2) is 10.2 Å². The number of thiophene rings is 1. The first-order chi connectivity index (χ1) is 14.9. The van der Waals surface area contributed by atoms with Crippen LogP contribution in [-0.2, 0) is 27.2 Å². The normalized spacial score (nSPS) is 15.3. The number of anilines is 1. The van der Waals surface area contributed by atoms with Gasteiger partial charge in [-0.3, -0.25) is 9.59 Å². The van der Waals surface area contributed by atoms with Crippen molar-refractivity contribution in [3.05, 3.63) is 45.8 Å². The summed E-state index contributed by atoms with van der Waals surface area (Å²) >= 11 is 1.32. The molecular weight excluding hydrogens is 418 g/mol. The van der Waals surface area contributed by atoms with Crippen LogP contribution in [0.2, 0.25) is 0 Å². The lowest BCUT2D eigenvalue weighted by atomic mass is 9.88. The number of rotatable bonds is 6. The van der Waals surface area contributed by atoms with E-state index in [0.717, 1.165) is 29.7 Å². The molecule has 0 radical (unpaired) electrons. The second-order valence-electron chi connectivity index (χ2n) is 7.17. The summed E-state index contributed by atoms with van der Waals surface area (Å²) in [6.07, 6.45) is 3.92. The average Bonchev–Trinajstić information content (AvgIpc) is 3.10. The molecule has 1 aliphatic rings. The molecule has 8 nitrogen and oxygen atoms in total. The molecule has 31 heavy (non-hydrogen) atoms. The first-order valence-corrected chi connectivity index (χ1v) is 10.8. The molecule has 1 aliphatic carbocycles. The molecule has 9 heteroatoms. The van der Waals surface area contributed by atoms with E-state index in [9.17, 15) is 14.4 Å². The van der Waals surface area contributed by atoms with Gasteiger partial charge in [0, 0.05) is 10.4 Å². The largest absolute Gasteiger partial charge is 0.496 e. The van der Waals surface area contributed by atoms with Crippen LogP contribution in [0.1, 0.15) is 46.6 Å². The summed E-state index contributed by atoms with van der Waals surface area (Å²) < 4.78 is 10.4. The average molecular weight is 444 g/mol. The van der Waals surface area contributed by atoms with Gasteiger partial charge >= 0.3 is 17.8 Å².